The fourth-order valence-corrected chi connectivity index (χ4v) is 5.85. The van der Waals surface area contributed by atoms with Crippen molar-refractivity contribution < 1.29 is 22.7 Å². The van der Waals surface area contributed by atoms with Gasteiger partial charge in [0.15, 0.2) is 11.3 Å². The minimum atomic E-state index is -3.87. The number of anilines is 2. The summed E-state index contributed by atoms with van der Waals surface area (Å²) in [5.41, 5.74) is 1.43. The van der Waals surface area contributed by atoms with Crippen molar-refractivity contribution >= 4 is 55.8 Å². The molecule has 2 aromatic carbocycles. The Labute approximate surface area is 233 Å². The number of carbonyl (C=O) groups is 2. The SMILES string of the molecule is CCC(OC(=O)c1ccc(-n2c(C)nnc2SC)cc1)C(=O)Nc1ccc(S(=O)(=O)Nc2nnc(C)s2)cc1. The van der Waals surface area contributed by atoms with E-state index in [-0.39, 0.29) is 22.0 Å². The van der Waals surface area contributed by atoms with Gasteiger partial charge in [-0.2, -0.15) is 0 Å². The van der Waals surface area contributed by atoms with Crippen molar-refractivity contribution in [3.05, 3.63) is 64.9 Å². The number of thioether (sulfide) groups is 1. The maximum Gasteiger partial charge on any atom is 0.338 e. The third-order valence-corrected chi connectivity index (χ3v) is 8.30. The maximum atomic E-state index is 12.8. The number of amides is 1. The lowest BCUT2D eigenvalue weighted by molar-refractivity contribution is -0.124. The molecule has 39 heavy (non-hydrogen) atoms. The first-order valence-corrected chi connectivity index (χ1v) is 15.1. The summed E-state index contributed by atoms with van der Waals surface area (Å²) in [4.78, 5) is 25.5. The number of carbonyl (C=O) groups excluding carboxylic acids is 2. The Bertz CT molecular complexity index is 1580. The molecule has 1 atom stereocenters. The van der Waals surface area contributed by atoms with Gasteiger partial charge in [0.2, 0.25) is 5.13 Å². The van der Waals surface area contributed by atoms with E-state index in [4.69, 9.17) is 4.74 Å². The Morgan fingerprint density at radius 1 is 1.03 bits per heavy atom. The number of hydrogen-bond acceptors (Lipinski definition) is 11. The van der Waals surface area contributed by atoms with E-state index in [1.165, 1.54) is 36.0 Å². The molecule has 1 unspecified atom stereocenters. The summed E-state index contributed by atoms with van der Waals surface area (Å²) < 4.78 is 34.8. The Morgan fingerprint density at radius 2 is 1.72 bits per heavy atom. The number of aryl methyl sites for hydroxylation is 2. The molecule has 2 N–H and O–H groups in total. The number of nitrogens with zero attached hydrogens (tertiary/aromatic N) is 5. The molecule has 4 rings (SSSR count). The molecule has 0 bridgehead atoms. The van der Waals surface area contributed by atoms with Gasteiger partial charge in [-0.05, 0) is 75.1 Å². The third kappa shape index (κ3) is 6.61. The molecule has 0 saturated heterocycles. The summed E-state index contributed by atoms with van der Waals surface area (Å²) in [6, 6.07) is 12.3. The highest BCUT2D eigenvalue weighted by Crippen LogP contribution is 2.22. The van der Waals surface area contributed by atoms with Gasteiger partial charge in [-0.3, -0.25) is 14.1 Å². The van der Waals surface area contributed by atoms with Gasteiger partial charge < -0.3 is 10.1 Å². The standard InChI is InChI=1S/C24H25N7O5S3/c1-5-20(36-22(33)16-6-10-18(11-7-16)31-14(2)26-29-24(31)37-4)21(32)25-17-8-12-19(13-9-17)39(34,35)30-23-28-27-15(3)38-23/h6-13,20H,5H2,1-4H3,(H,25,32)(H,28,30). The summed E-state index contributed by atoms with van der Waals surface area (Å²) in [5, 5.41) is 19.9. The summed E-state index contributed by atoms with van der Waals surface area (Å²) in [6.07, 6.45) is 1.09. The number of benzene rings is 2. The zero-order valence-corrected chi connectivity index (χ0v) is 23.9. The number of sulfonamides is 1. The van der Waals surface area contributed by atoms with E-state index in [1.807, 2.05) is 17.7 Å². The number of esters is 1. The zero-order chi connectivity index (χ0) is 28.2. The Balaban J connectivity index is 1.38. The Kier molecular flexibility index (Phi) is 8.62. The van der Waals surface area contributed by atoms with E-state index in [0.717, 1.165) is 22.2 Å². The normalized spacial score (nSPS) is 12.1. The molecule has 0 radical (unpaired) electrons. The largest absolute Gasteiger partial charge is 0.449 e. The van der Waals surface area contributed by atoms with E-state index in [1.54, 1.807) is 38.1 Å². The number of hydrogen-bond donors (Lipinski definition) is 2. The molecule has 0 aliphatic heterocycles. The van der Waals surface area contributed by atoms with Crippen LogP contribution in [0.3, 0.4) is 0 Å². The van der Waals surface area contributed by atoms with Crippen LogP contribution in [-0.2, 0) is 19.6 Å². The number of aromatic nitrogens is 5. The van der Waals surface area contributed by atoms with E-state index in [0.29, 0.717) is 16.5 Å². The number of ether oxygens (including phenoxy) is 1. The molecule has 204 valence electrons. The highest BCUT2D eigenvalue weighted by Gasteiger charge is 2.23. The molecular formula is C24H25N7O5S3. The fraction of sp³-hybridized carbons (Fsp3) is 0.250. The Hall–Kier alpha value is -3.82. The van der Waals surface area contributed by atoms with Crippen molar-refractivity contribution in [1.82, 2.24) is 25.0 Å². The van der Waals surface area contributed by atoms with Crippen LogP contribution >= 0.6 is 23.1 Å². The van der Waals surface area contributed by atoms with Crippen molar-refractivity contribution in [2.24, 2.45) is 0 Å². The van der Waals surface area contributed by atoms with Crippen LogP contribution < -0.4 is 10.0 Å². The van der Waals surface area contributed by atoms with Crippen molar-refractivity contribution in [2.45, 2.75) is 43.3 Å². The molecule has 15 heteroatoms. The lowest BCUT2D eigenvalue weighted by Crippen LogP contribution is -2.32. The van der Waals surface area contributed by atoms with Crippen LogP contribution in [0.4, 0.5) is 10.8 Å². The molecule has 2 heterocycles. The first-order chi connectivity index (χ1) is 18.6. The predicted molar refractivity (Wildman–Crippen MR) is 148 cm³/mol. The Morgan fingerprint density at radius 3 is 2.31 bits per heavy atom. The molecule has 0 fully saturated rings. The molecule has 12 nitrogen and oxygen atoms in total. The van der Waals surface area contributed by atoms with Crippen molar-refractivity contribution in [1.29, 1.82) is 0 Å². The van der Waals surface area contributed by atoms with Gasteiger partial charge in [-0.25, -0.2) is 13.2 Å². The van der Waals surface area contributed by atoms with Crippen molar-refractivity contribution in [3.63, 3.8) is 0 Å². The van der Waals surface area contributed by atoms with E-state index < -0.39 is 28.0 Å². The smallest absolute Gasteiger partial charge is 0.338 e. The maximum absolute atomic E-state index is 12.8. The molecule has 0 aliphatic carbocycles. The van der Waals surface area contributed by atoms with E-state index in [2.05, 4.69) is 30.4 Å². The first-order valence-electron chi connectivity index (χ1n) is 11.6. The van der Waals surface area contributed by atoms with Crippen LogP contribution in [-0.4, -0.2) is 57.6 Å². The van der Waals surface area contributed by atoms with Gasteiger partial charge in [-0.15, -0.1) is 20.4 Å². The number of nitrogens with one attached hydrogen (secondary N) is 2. The van der Waals surface area contributed by atoms with Gasteiger partial charge in [0, 0.05) is 11.4 Å². The molecule has 1 amide bonds. The van der Waals surface area contributed by atoms with Crippen LogP contribution in [0.2, 0.25) is 0 Å². The fourth-order valence-electron chi connectivity index (χ4n) is 3.49. The summed E-state index contributed by atoms with van der Waals surface area (Å²) in [6.45, 7) is 5.27. The third-order valence-electron chi connectivity index (χ3n) is 5.43. The minimum absolute atomic E-state index is 0.0124. The zero-order valence-electron chi connectivity index (χ0n) is 21.4. The summed E-state index contributed by atoms with van der Waals surface area (Å²) in [5.74, 6) is -0.468. The topological polar surface area (TPSA) is 158 Å². The first kappa shape index (κ1) is 28.2. The van der Waals surface area contributed by atoms with Gasteiger partial charge >= 0.3 is 5.97 Å². The number of rotatable bonds is 10. The van der Waals surface area contributed by atoms with Crippen LogP contribution in [0.15, 0.2) is 58.6 Å². The lowest BCUT2D eigenvalue weighted by Gasteiger charge is -2.16. The molecular weight excluding hydrogens is 563 g/mol. The minimum Gasteiger partial charge on any atom is -0.449 e. The highest BCUT2D eigenvalue weighted by molar-refractivity contribution is 7.98. The van der Waals surface area contributed by atoms with Crippen LogP contribution in [0.5, 0.6) is 0 Å². The second-order valence-corrected chi connectivity index (χ2v) is 11.8. The van der Waals surface area contributed by atoms with Crippen molar-refractivity contribution in [2.75, 3.05) is 16.3 Å². The summed E-state index contributed by atoms with van der Waals surface area (Å²) in [7, 11) is -3.87. The van der Waals surface area contributed by atoms with E-state index >= 15 is 0 Å². The molecule has 0 aliphatic rings. The van der Waals surface area contributed by atoms with Crippen LogP contribution in [0.25, 0.3) is 5.69 Å². The van der Waals surface area contributed by atoms with Gasteiger partial charge in [0.25, 0.3) is 15.9 Å². The predicted octanol–water partition coefficient (Wildman–Crippen LogP) is 3.83. The van der Waals surface area contributed by atoms with Gasteiger partial charge in [0.05, 0.1) is 10.5 Å². The molecule has 0 saturated carbocycles. The van der Waals surface area contributed by atoms with Crippen molar-refractivity contribution in [3.8, 4) is 5.69 Å². The van der Waals surface area contributed by atoms with E-state index in [9.17, 15) is 18.0 Å². The second kappa shape index (κ2) is 11.9. The average Bonchev–Trinajstić information content (AvgIpc) is 3.51. The second-order valence-electron chi connectivity index (χ2n) is 8.16. The van der Waals surface area contributed by atoms with Gasteiger partial charge in [0.1, 0.15) is 10.8 Å². The molecule has 4 aromatic rings. The highest BCUT2D eigenvalue weighted by atomic mass is 32.2. The molecule has 2 aromatic heterocycles. The monoisotopic (exact) mass is 587 g/mol. The van der Waals surface area contributed by atoms with Crippen LogP contribution in [0, 0.1) is 13.8 Å². The lowest BCUT2D eigenvalue weighted by atomic mass is 10.2. The summed E-state index contributed by atoms with van der Waals surface area (Å²) >= 11 is 2.57. The van der Waals surface area contributed by atoms with Crippen LogP contribution in [0.1, 0.15) is 34.5 Å². The van der Waals surface area contributed by atoms with Gasteiger partial charge in [-0.1, -0.05) is 30.0 Å². The molecule has 0 spiro atoms. The average molecular weight is 588 g/mol. The quantitative estimate of drug-likeness (QED) is 0.206.